The molecule has 1 aromatic heterocycles. The van der Waals surface area contributed by atoms with Crippen LogP contribution in [0.5, 0.6) is 5.75 Å². The van der Waals surface area contributed by atoms with Gasteiger partial charge in [0.2, 0.25) is 0 Å². The molecule has 0 radical (unpaired) electrons. The number of carbonyl (C=O) groups excluding carboxylic acids is 1. The Morgan fingerprint density at radius 3 is 2.29 bits per heavy atom. The van der Waals surface area contributed by atoms with Gasteiger partial charge in [-0.05, 0) is 49.6 Å². The highest BCUT2D eigenvalue weighted by atomic mass is 31.2. The van der Waals surface area contributed by atoms with Crippen LogP contribution in [0.25, 0.3) is 0 Å². The lowest BCUT2D eigenvalue weighted by Crippen LogP contribution is -2.41. The number of benzene rings is 3. The van der Waals surface area contributed by atoms with Gasteiger partial charge in [0.25, 0.3) is 5.56 Å². The van der Waals surface area contributed by atoms with Gasteiger partial charge in [-0.2, -0.15) is 5.09 Å². The van der Waals surface area contributed by atoms with Crippen LogP contribution in [0.15, 0.2) is 119 Å². The summed E-state index contributed by atoms with van der Waals surface area (Å²) in [5.41, 5.74) is -0.325. The van der Waals surface area contributed by atoms with Gasteiger partial charge >= 0.3 is 19.4 Å². The average molecular weight is 632 g/mol. The Labute approximate surface area is 260 Å². The van der Waals surface area contributed by atoms with Crippen LogP contribution in [-0.2, 0) is 36.4 Å². The Kier molecular flexibility index (Phi) is 9.95. The van der Waals surface area contributed by atoms with Crippen LogP contribution in [0.4, 0.5) is 0 Å². The van der Waals surface area contributed by atoms with Crippen molar-refractivity contribution in [1.82, 2.24) is 14.6 Å². The van der Waals surface area contributed by atoms with Gasteiger partial charge in [0.1, 0.15) is 24.0 Å². The first-order valence-corrected chi connectivity index (χ1v) is 15.9. The van der Waals surface area contributed by atoms with E-state index in [9.17, 15) is 18.9 Å². The van der Waals surface area contributed by atoms with Crippen LogP contribution in [0.2, 0.25) is 0 Å². The molecule has 0 fully saturated rings. The topological polar surface area (TPSA) is 138 Å². The molecule has 0 spiro atoms. The average Bonchev–Trinajstić information content (AvgIpc) is 3.44. The third-order valence-electron chi connectivity index (χ3n) is 7.02. The molecule has 0 aliphatic carbocycles. The van der Waals surface area contributed by atoms with Gasteiger partial charge in [-0.3, -0.25) is 23.7 Å². The molecule has 4 aromatic rings. The minimum absolute atomic E-state index is 0.0268. The highest BCUT2D eigenvalue weighted by Gasteiger charge is 2.40. The number of ether oxygens (including phenoxy) is 2. The van der Waals surface area contributed by atoms with Crippen molar-refractivity contribution in [2.75, 3.05) is 6.61 Å². The van der Waals surface area contributed by atoms with Gasteiger partial charge in [-0.25, -0.2) is 9.36 Å². The van der Waals surface area contributed by atoms with Crippen molar-refractivity contribution >= 4 is 13.7 Å². The fourth-order valence-corrected chi connectivity index (χ4v) is 6.21. The Balaban J connectivity index is 1.36. The van der Waals surface area contributed by atoms with E-state index in [1.165, 1.54) is 10.8 Å². The molecule has 2 N–H and O–H groups in total. The second-order valence-corrected chi connectivity index (χ2v) is 12.5. The van der Waals surface area contributed by atoms with Crippen molar-refractivity contribution in [1.29, 1.82) is 0 Å². The van der Waals surface area contributed by atoms with E-state index >= 15 is 0 Å². The number of nitrogens with zero attached hydrogens (tertiary/aromatic N) is 1. The number of aromatic nitrogens is 2. The molecule has 0 saturated heterocycles. The molecular formula is C33H34N3O8P. The molecule has 12 heteroatoms. The number of carbonyl (C=O) groups is 1. The molecule has 11 nitrogen and oxygen atoms in total. The summed E-state index contributed by atoms with van der Waals surface area (Å²) in [7, 11) is -4.28. The molecule has 3 aromatic carbocycles. The molecule has 45 heavy (non-hydrogen) atoms. The highest BCUT2D eigenvalue weighted by molar-refractivity contribution is 7.52. The standard InChI is InChI=1S/C33H34N3O8P/c1-24-21-36(32(39)34-30(24)37)29-18-19-33(2,43-29)23-42-45(40,44-27-16-10-5-11-17-27)35-28(20-25-12-6-3-7-13-25)31(38)41-22-26-14-8-4-9-15-26/h3-19,21,28-29H,20,22-23H2,1-2H3,(H,35,40)(H,34,37,39)/t28-,29+,33-,45-/m0/s1. The van der Waals surface area contributed by atoms with Crippen LogP contribution >= 0.6 is 7.75 Å². The molecule has 5 rings (SSSR count). The highest BCUT2D eigenvalue weighted by Crippen LogP contribution is 2.47. The normalized spacial score (nSPS) is 19.5. The zero-order chi connectivity index (χ0) is 31.9. The van der Waals surface area contributed by atoms with Gasteiger partial charge in [-0.15, -0.1) is 0 Å². The number of para-hydroxylation sites is 1. The number of aromatic amines is 1. The molecule has 2 heterocycles. The predicted molar refractivity (Wildman–Crippen MR) is 168 cm³/mol. The summed E-state index contributed by atoms with van der Waals surface area (Å²) in [5, 5.41) is 2.83. The van der Waals surface area contributed by atoms with E-state index in [-0.39, 0.29) is 25.4 Å². The first kappa shape index (κ1) is 31.9. The maximum atomic E-state index is 14.4. The molecule has 234 valence electrons. The minimum atomic E-state index is -4.28. The van der Waals surface area contributed by atoms with Gasteiger partial charge < -0.3 is 14.0 Å². The van der Waals surface area contributed by atoms with Crippen molar-refractivity contribution in [2.24, 2.45) is 0 Å². The number of aryl methyl sites for hydroxylation is 1. The Bertz CT molecular complexity index is 1790. The van der Waals surface area contributed by atoms with Crippen molar-refractivity contribution in [3.05, 3.63) is 147 Å². The number of hydrogen-bond donors (Lipinski definition) is 2. The predicted octanol–water partition coefficient (Wildman–Crippen LogP) is 4.84. The molecule has 4 atom stereocenters. The molecule has 0 amide bonds. The van der Waals surface area contributed by atoms with E-state index in [0.29, 0.717) is 5.56 Å². The minimum Gasteiger partial charge on any atom is -0.460 e. The summed E-state index contributed by atoms with van der Waals surface area (Å²) in [6.45, 7) is 3.02. The fraction of sp³-hybridized carbons (Fsp3) is 0.242. The van der Waals surface area contributed by atoms with Gasteiger partial charge in [-0.1, -0.05) is 84.9 Å². The zero-order valence-corrected chi connectivity index (χ0v) is 25.7. The molecule has 0 unspecified atom stereocenters. The third kappa shape index (κ3) is 8.55. The second-order valence-electron chi connectivity index (χ2n) is 10.8. The number of esters is 1. The summed E-state index contributed by atoms with van der Waals surface area (Å²) in [6.07, 6.45) is 4.01. The van der Waals surface area contributed by atoms with Gasteiger partial charge in [0.05, 0.1) is 6.61 Å². The van der Waals surface area contributed by atoms with Crippen molar-refractivity contribution in [2.45, 2.75) is 44.7 Å². The van der Waals surface area contributed by atoms with Gasteiger partial charge in [0.15, 0.2) is 6.23 Å². The number of hydrogen-bond acceptors (Lipinski definition) is 8. The van der Waals surface area contributed by atoms with E-state index in [1.54, 1.807) is 56.3 Å². The van der Waals surface area contributed by atoms with Crippen molar-refractivity contribution < 1.29 is 27.9 Å². The lowest BCUT2D eigenvalue weighted by Gasteiger charge is -2.29. The summed E-state index contributed by atoms with van der Waals surface area (Å²) in [5.74, 6) is -0.384. The van der Waals surface area contributed by atoms with Crippen LogP contribution < -0.4 is 20.9 Å². The molecule has 1 aliphatic heterocycles. The smallest absolute Gasteiger partial charge is 0.459 e. The van der Waals surface area contributed by atoms with Crippen LogP contribution in [0.3, 0.4) is 0 Å². The Morgan fingerprint density at radius 2 is 1.62 bits per heavy atom. The number of nitrogens with one attached hydrogen (secondary N) is 2. The summed E-state index contributed by atoms with van der Waals surface area (Å²) < 4.78 is 39.2. The lowest BCUT2D eigenvalue weighted by atomic mass is 10.1. The van der Waals surface area contributed by atoms with E-state index < -0.39 is 42.8 Å². The molecule has 0 saturated carbocycles. The quantitative estimate of drug-likeness (QED) is 0.121. The summed E-state index contributed by atoms with van der Waals surface area (Å²) in [4.78, 5) is 40.0. The van der Waals surface area contributed by atoms with Crippen LogP contribution in [-0.4, -0.2) is 33.8 Å². The zero-order valence-electron chi connectivity index (χ0n) is 24.8. The molecule has 0 bridgehead atoms. The Morgan fingerprint density at radius 1 is 1.00 bits per heavy atom. The van der Waals surface area contributed by atoms with E-state index in [0.717, 1.165) is 11.1 Å². The molecular weight excluding hydrogens is 597 g/mol. The van der Waals surface area contributed by atoms with Gasteiger partial charge in [0, 0.05) is 11.8 Å². The summed E-state index contributed by atoms with van der Waals surface area (Å²) >= 11 is 0. The monoisotopic (exact) mass is 631 g/mol. The molecule has 1 aliphatic rings. The van der Waals surface area contributed by atoms with Crippen molar-refractivity contribution in [3.8, 4) is 5.75 Å². The summed E-state index contributed by atoms with van der Waals surface area (Å²) in [6, 6.07) is 25.8. The Hall–Kier alpha value is -4.54. The maximum absolute atomic E-state index is 14.4. The second kappa shape index (κ2) is 14.0. The number of rotatable bonds is 13. The lowest BCUT2D eigenvalue weighted by molar-refractivity contribution is -0.147. The van der Waals surface area contributed by atoms with E-state index in [2.05, 4.69) is 10.1 Å². The maximum Gasteiger partial charge on any atom is 0.459 e. The van der Waals surface area contributed by atoms with Crippen LogP contribution in [0.1, 0.15) is 29.8 Å². The fourth-order valence-electron chi connectivity index (χ4n) is 4.62. The third-order valence-corrected chi connectivity index (χ3v) is 8.57. The van der Waals surface area contributed by atoms with Crippen LogP contribution in [0, 0.1) is 6.92 Å². The largest absolute Gasteiger partial charge is 0.460 e. The number of H-pyrrole nitrogens is 1. The van der Waals surface area contributed by atoms with E-state index in [1.807, 2.05) is 60.7 Å². The van der Waals surface area contributed by atoms with Crippen molar-refractivity contribution in [3.63, 3.8) is 0 Å². The first-order valence-electron chi connectivity index (χ1n) is 14.3. The SMILES string of the molecule is Cc1cn([C@H]2C=C[C@@](C)(CO[P@@](=O)(N[C@@H](Cc3ccccc3)C(=O)OCc3ccccc3)Oc3ccccc3)O2)c(=O)[nH]c1=O. The van der Waals surface area contributed by atoms with E-state index in [4.69, 9.17) is 18.5 Å². The first-order chi connectivity index (χ1) is 21.6.